The normalized spacial score (nSPS) is 29.6. The lowest BCUT2D eigenvalue weighted by atomic mass is 9.60. The molecule has 1 atom stereocenters. The fraction of sp³-hybridized carbons (Fsp3) is 0.435. The molecular weight excluding hydrogens is 388 g/mol. The Balaban J connectivity index is 0.00000205. The highest BCUT2D eigenvalue weighted by atomic mass is 35.5. The van der Waals surface area contributed by atoms with Gasteiger partial charge in [0.15, 0.2) is 6.10 Å². The van der Waals surface area contributed by atoms with Crippen LogP contribution in [0.25, 0.3) is 11.1 Å². The van der Waals surface area contributed by atoms with Gasteiger partial charge in [0.1, 0.15) is 0 Å². The largest absolute Gasteiger partial charge is 0.436 e. The monoisotopic (exact) mass is 414 g/mol. The molecule has 154 valence electrons. The Hall–Kier alpha value is -2.08. The molecule has 3 N–H and O–H groups in total. The first kappa shape index (κ1) is 20.2. The highest BCUT2D eigenvalue weighted by molar-refractivity contribution is 5.85. The minimum atomic E-state index is -0.571. The van der Waals surface area contributed by atoms with E-state index < -0.39 is 17.7 Å². The number of carbonyl (C=O) groups excluding carboxylic acids is 1. The fourth-order valence-corrected chi connectivity index (χ4v) is 5.36. The predicted molar refractivity (Wildman–Crippen MR) is 114 cm³/mol. The summed E-state index contributed by atoms with van der Waals surface area (Å²) in [5.74, 6) is 0. The Morgan fingerprint density at radius 2 is 1.55 bits per heavy atom. The van der Waals surface area contributed by atoms with Crippen molar-refractivity contribution < 1.29 is 14.6 Å². The van der Waals surface area contributed by atoms with Crippen LogP contribution in [0.1, 0.15) is 49.3 Å². The summed E-state index contributed by atoms with van der Waals surface area (Å²) in [7, 11) is 1.80. The van der Waals surface area contributed by atoms with Gasteiger partial charge in [-0.3, -0.25) is 0 Å². The SMILES string of the molecule is CN(C(=O)OC1c2ccccc2-c2ccccc21)C12CCC(N)(CC1)[C@H](O)C2.Cl. The van der Waals surface area contributed by atoms with Crippen molar-refractivity contribution in [1.29, 1.82) is 0 Å². The Morgan fingerprint density at radius 1 is 1.03 bits per heavy atom. The van der Waals surface area contributed by atoms with Crippen molar-refractivity contribution in [1.82, 2.24) is 4.90 Å². The summed E-state index contributed by atoms with van der Waals surface area (Å²) in [6.45, 7) is 0. The molecule has 0 radical (unpaired) electrons. The third-order valence-corrected chi connectivity index (χ3v) is 7.33. The average Bonchev–Trinajstić information content (AvgIpc) is 3.03. The second-order valence-corrected chi connectivity index (χ2v) is 8.67. The topological polar surface area (TPSA) is 75.8 Å². The first-order valence-electron chi connectivity index (χ1n) is 10.0. The number of halogens is 1. The van der Waals surface area contributed by atoms with Crippen LogP contribution in [0.3, 0.4) is 0 Å². The Bertz CT molecular complexity index is 894. The smallest absolute Gasteiger partial charge is 0.410 e. The molecule has 29 heavy (non-hydrogen) atoms. The molecule has 2 bridgehead atoms. The van der Waals surface area contributed by atoms with Gasteiger partial charge in [0, 0.05) is 29.3 Å². The second-order valence-electron chi connectivity index (χ2n) is 8.67. The van der Waals surface area contributed by atoms with Gasteiger partial charge in [0.2, 0.25) is 0 Å². The van der Waals surface area contributed by atoms with Crippen molar-refractivity contribution in [2.24, 2.45) is 5.73 Å². The number of ether oxygens (including phenoxy) is 1. The molecule has 0 aliphatic heterocycles. The number of rotatable bonds is 2. The van der Waals surface area contributed by atoms with Crippen molar-refractivity contribution in [2.45, 2.75) is 55.4 Å². The number of fused-ring (bicyclic) bond motifs is 6. The lowest BCUT2D eigenvalue weighted by Crippen LogP contribution is -2.68. The standard InChI is InChI=1S/C23H26N2O3.ClH/c1-25(22-10-12-23(24,13-11-22)19(26)14-22)21(27)28-20-17-8-4-2-6-15(17)16-7-3-5-9-18(16)20;/h2-9,19-20,26H,10-14,24H2,1H3;1H/t19-,22?,23?;/m1./s1. The van der Waals surface area contributed by atoms with Gasteiger partial charge in [-0.25, -0.2) is 4.79 Å². The van der Waals surface area contributed by atoms with Gasteiger partial charge in [0.25, 0.3) is 0 Å². The van der Waals surface area contributed by atoms with Gasteiger partial charge in [-0.05, 0) is 43.2 Å². The number of amides is 1. The molecule has 5 nitrogen and oxygen atoms in total. The Labute approximate surface area is 177 Å². The molecule has 0 heterocycles. The van der Waals surface area contributed by atoms with Crippen LogP contribution in [0.5, 0.6) is 0 Å². The number of aliphatic hydroxyl groups excluding tert-OH is 1. The van der Waals surface area contributed by atoms with E-state index in [1.165, 1.54) is 0 Å². The van der Waals surface area contributed by atoms with Crippen molar-refractivity contribution in [3.8, 4) is 11.1 Å². The Morgan fingerprint density at radius 3 is 2.07 bits per heavy atom. The molecule has 2 aromatic rings. The molecule has 1 amide bonds. The van der Waals surface area contributed by atoms with E-state index in [4.69, 9.17) is 10.5 Å². The van der Waals surface area contributed by atoms with Gasteiger partial charge in [-0.1, -0.05) is 48.5 Å². The number of nitrogens with zero attached hydrogens (tertiary/aromatic N) is 1. The third-order valence-electron chi connectivity index (χ3n) is 7.33. The van der Waals surface area contributed by atoms with Gasteiger partial charge in [0.05, 0.1) is 6.10 Å². The highest BCUT2D eigenvalue weighted by Gasteiger charge is 2.55. The first-order chi connectivity index (χ1) is 13.4. The first-order valence-corrected chi connectivity index (χ1v) is 10.0. The number of hydrogen-bond donors (Lipinski definition) is 2. The summed E-state index contributed by atoms with van der Waals surface area (Å²) in [6, 6.07) is 16.2. The highest BCUT2D eigenvalue weighted by Crippen LogP contribution is 2.50. The molecule has 6 rings (SSSR count). The molecule has 4 aliphatic carbocycles. The molecule has 2 aromatic carbocycles. The van der Waals surface area contributed by atoms with E-state index in [1.807, 2.05) is 36.4 Å². The maximum atomic E-state index is 13.2. The summed E-state index contributed by atoms with van der Waals surface area (Å²) in [5.41, 5.74) is 9.76. The van der Waals surface area contributed by atoms with Gasteiger partial charge >= 0.3 is 6.09 Å². The van der Waals surface area contributed by atoms with Crippen LogP contribution in [-0.2, 0) is 4.74 Å². The minimum absolute atomic E-state index is 0. The van der Waals surface area contributed by atoms with E-state index in [0.29, 0.717) is 6.42 Å². The van der Waals surface area contributed by atoms with Crippen molar-refractivity contribution in [3.63, 3.8) is 0 Å². The van der Waals surface area contributed by atoms with Crippen LogP contribution >= 0.6 is 12.4 Å². The second kappa shape index (κ2) is 7.01. The number of hydrogen-bond acceptors (Lipinski definition) is 4. The third kappa shape index (κ3) is 2.95. The number of aliphatic hydroxyl groups is 1. The number of benzene rings is 2. The summed E-state index contributed by atoms with van der Waals surface area (Å²) in [5, 5.41) is 10.5. The van der Waals surface area contributed by atoms with Crippen molar-refractivity contribution >= 4 is 18.5 Å². The van der Waals surface area contributed by atoms with Gasteiger partial charge < -0.3 is 20.5 Å². The van der Waals surface area contributed by atoms with E-state index in [9.17, 15) is 9.90 Å². The molecule has 0 aromatic heterocycles. The van der Waals surface area contributed by atoms with Gasteiger partial charge in [-0.2, -0.15) is 0 Å². The summed E-state index contributed by atoms with van der Waals surface area (Å²) < 4.78 is 6.06. The zero-order chi connectivity index (χ0) is 19.5. The number of carbonyl (C=O) groups is 1. The molecule has 0 saturated heterocycles. The van der Waals surface area contributed by atoms with Gasteiger partial charge in [-0.15, -0.1) is 12.4 Å². The van der Waals surface area contributed by atoms with E-state index >= 15 is 0 Å². The van der Waals surface area contributed by atoms with Crippen LogP contribution < -0.4 is 5.73 Å². The summed E-state index contributed by atoms with van der Waals surface area (Å²) in [6.07, 6.45) is 2.31. The molecular formula is C23H27ClN2O3. The quantitative estimate of drug-likeness (QED) is 0.778. The van der Waals surface area contributed by atoms with E-state index in [1.54, 1.807) is 11.9 Å². The van der Waals surface area contributed by atoms with E-state index in [-0.39, 0.29) is 24.0 Å². The fourth-order valence-electron chi connectivity index (χ4n) is 5.36. The molecule has 3 saturated carbocycles. The van der Waals surface area contributed by atoms with Crippen LogP contribution in [0.2, 0.25) is 0 Å². The predicted octanol–water partition coefficient (Wildman–Crippen LogP) is 4.02. The minimum Gasteiger partial charge on any atom is -0.436 e. The molecule has 3 fully saturated rings. The maximum Gasteiger partial charge on any atom is 0.410 e. The zero-order valence-electron chi connectivity index (χ0n) is 16.5. The lowest BCUT2D eigenvalue weighted by Gasteiger charge is -2.57. The van der Waals surface area contributed by atoms with Crippen molar-refractivity contribution in [2.75, 3.05) is 7.05 Å². The molecule has 0 spiro atoms. The van der Waals surface area contributed by atoms with E-state index in [2.05, 4.69) is 12.1 Å². The summed E-state index contributed by atoms with van der Waals surface area (Å²) in [4.78, 5) is 14.9. The van der Waals surface area contributed by atoms with E-state index in [0.717, 1.165) is 47.9 Å². The van der Waals surface area contributed by atoms with Crippen LogP contribution in [0.15, 0.2) is 48.5 Å². The number of nitrogens with two attached hydrogens (primary N) is 1. The van der Waals surface area contributed by atoms with Crippen LogP contribution in [0, 0.1) is 0 Å². The average molecular weight is 415 g/mol. The van der Waals surface area contributed by atoms with Crippen molar-refractivity contribution in [3.05, 3.63) is 59.7 Å². The molecule has 4 aliphatic rings. The molecule has 6 heteroatoms. The maximum absolute atomic E-state index is 13.2. The molecule has 0 unspecified atom stereocenters. The Kier molecular flexibility index (Phi) is 4.88. The van der Waals surface area contributed by atoms with Crippen LogP contribution in [-0.4, -0.2) is 40.3 Å². The zero-order valence-corrected chi connectivity index (χ0v) is 17.3. The van der Waals surface area contributed by atoms with Crippen LogP contribution in [0.4, 0.5) is 4.79 Å². The summed E-state index contributed by atoms with van der Waals surface area (Å²) >= 11 is 0. The lowest BCUT2D eigenvalue weighted by molar-refractivity contribution is -0.0836.